The van der Waals surface area contributed by atoms with Crippen molar-refractivity contribution in [3.63, 3.8) is 0 Å². The number of amides is 1. The van der Waals surface area contributed by atoms with Crippen LogP contribution in [0, 0.1) is 0 Å². The summed E-state index contributed by atoms with van der Waals surface area (Å²) in [5, 5.41) is 3.45. The summed E-state index contributed by atoms with van der Waals surface area (Å²) < 4.78 is 1.09. The Morgan fingerprint density at radius 2 is 1.68 bits per heavy atom. The molecule has 0 aromatic heterocycles. The first kappa shape index (κ1) is 23.4. The maximum atomic E-state index is 12.6. The van der Waals surface area contributed by atoms with Crippen LogP contribution < -0.4 is 5.32 Å². The molecule has 0 radical (unpaired) electrons. The molecule has 2 aliphatic rings. The lowest BCUT2D eigenvalue weighted by Gasteiger charge is -2.39. The third kappa shape index (κ3) is 6.06. The molecule has 156 valence electrons. The van der Waals surface area contributed by atoms with Crippen LogP contribution in [-0.4, -0.2) is 78.9 Å². The van der Waals surface area contributed by atoms with Crippen molar-refractivity contribution in [2.45, 2.75) is 32.4 Å². The van der Waals surface area contributed by atoms with Crippen molar-refractivity contribution in [1.29, 1.82) is 0 Å². The number of benzene rings is 1. The Labute approximate surface area is 193 Å². The summed E-state index contributed by atoms with van der Waals surface area (Å²) in [6, 6.07) is 8.29. The first-order valence-electron chi connectivity index (χ1n) is 9.81. The molecule has 8 heteroatoms. The van der Waals surface area contributed by atoms with Crippen molar-refractivity contribution in [3.8, 4) is 0 Å². The molecule has 3 rings (SSSR count). The van der Waals surface area contributed by atoms with E-state index in [9.17, 15) is 4.79 Å². The lowest BCUT2D eigenvalue weighted by atomic mass is 10.2. The van der Waals surface area contributed by atoms with Crippen molar-refractivity contribution in [2.24, 2.45) is 4.99 Å². The van der Waals surface area contributed by atoms with Crippen LogP contribution in [0.5, 0.6) is 0 Å². The molecule has 0 bridgehead atoms. The number of carbonyl (C=O) groups excluding carboxylic acids is 1. The zero-order chi connectivity index (χ0) is 19.2. The molecule has 2 aliphatic heterocycles. The van der Waals surface area contributed by atoms with Gasteiger partial charge in [-0.3, -0.25) is 14.7 Å². The quantitative estimate of drug-likeness (QED) is 0.348. The van der Waals surface area contributed by atoms with Crippen molar-refractivity contribution in [1.82, 2.24) is 20.0 Å². The molecule has 1 aromatic carbocycles. The van der Waals surface area contributed by atoms with Gasteiger partial charge in [0.05, 0.1) is 6.04 Å². The van der Waals surface area contributed by atoms with Gasteiger partial charge in [-0.15, -0.1) is 24.0 Å². The molecule has 1 N–H and O–H groups in total. The van der Waals surface area contributed by atoms with Gasteiger partial charge in [0.25, 0.3) is 0 Å². The highest BCUT2D eigenvalue weighted by molar-refractivity contribution is 14.0. The van der Waals surface area contributed by atoms with E-state index >= 15 is 0 Å². The molecular formula is C20H31BrIN5O. The highest BCUT2D eigenvalue weighted by atomic mass is 127. The van der Waals surface area contributed by atoms with Gasteiger partial charge in [-0.2, -0.15) is 0 Å². The van der Waals surface area contributed by atoms with Crippen LogP contribution >= 0.6 is 39.9 Å². The van der Waals surface area contributed by atoms with Gasteiger partial charge >= 0.3 is 0 Å². The highest BCUT2D eigenvalue weighted by Crippen LogP contribution is 2.14. The molecule has 1 amide bonds. The lowest BCUT2D eigenvalue weighted by molar-refractivity contribution is -0.135. The summed E-state index contributed by atoms with van der Waals surface area (Å²) in [4.78, 5) is 23.7. The topological polar surface area (TPSA) is 51.2 Å². The van der Waals surface area contributed by atoms with Gasteiger partial charge in [0.15, 0.2) is 5.96 Å². The second-order valence-electron chi connectivity index (χ2n) is 7.26. The number of rotatable bonds is 4. The third-order valence-electron chi connectivity index (χ3n) is 5.51. The Morgan fingerprint density at radius 3 is 2.25 bits per heavy atom. The van der Waals surface area contributed by atoms with E-state index in [2.05, 4.69) is 67.2 Å². The lowest BCUT2D eigenvalue weighted by Crippen LogP contribution is -2.57. The van der Waals surface area contributed by atoms with Gasteiger partial charge in [-0.25, -0.2) is 0 Å². The molecule has 0 aliphatic carbocycles. The minimum Gasteiger partial charge on any atom is -0.352 e. The Morgan fingerprint density at radius 1 is 1.07 bits per heavy atom. The number of halogens is 2. The zero-order valence-corrected chi connectivity index (χ0v) is 20.7. The molecule has 0 spiro atoms. The van der Waals surface area contributed by atoms with Gasteiger partial charge in [-0.1, -0.05) is 28.1 Å². The monoisotopic (exact) mass is 563 g/mol. The third-order valence-corrected chi connectivity index (χ3v) is 6.04. The smallest absolute Gasteiger partial charge is 0.239 e. The maximum Gasteiger partial charge on any atom is 0.239 e. The highest BCUT2D eigenvalue weighted by Gasteiger charge is 2.30. The summed E-state index contributed by atoms with van der Waals surface area (Å²) in [6.07, 6.45) is 2.29. The summed E-state index contributed by atoms with van der Waals surface area (Å²) in [5.41, 5.74) is 1.22. The van der Waals surface area contributed by atoms with Gasteiger partial charge in [0.1, 0.15) is 0 Å². The average Bonchev–Trinajstić information content (AvgIpc) is 3.24. The number of guanidine groups is 1. The SMILES string of the molecule is CN=C(NCc1ccc(Br)cc1)N1CCN(C(C)C(=O)N2CCCC2)CC1.I. The van der Waals surface area contributed by atoms with Crippen LogP contribution in [0.1, 0.15) is 25.3 Å². The van der Waals surface area contributed by atoms with E-state index in [1.807, 2.05) is 11.9 Å². The Bertz CT molecular complexity index is 655. The largest absolute Gasteiger partial charge is 0.352 e. The van der Waals surface area contributed by atoms with Gasteiger partial charge < -0.3 is 15.1 Å². The van der Waals surface area contributed by atoms with Crippen LogP contribution in [-0.2, 0) is 11.3 Å². The fourth-order valence-corrected chi connectivity index (χ4v) is 4.06. The summed E-state index contributed by atoms with van der Waals surface area (Å²) >= 11 is 3.47. The number of carbonyl (C=O) groups is 1. The second-order valence-corrected chi connectivity index (χ2v) is 8.17. The van der Waals surface area contributed by atoms with Gasteiger partial charge in [0, 0.05) is 57.3 Å². The first-order valence-corrected chi connectivity index (χ1v) is 10.6. The fraction of sp³-hybridized carbons (Fsp3) is 0.600. The molecule has 1 atom stereocenters. The molecule has 2 saturated heterocycles. The Kier molecular flexibility index (Phi) is 9.49. The molecule has 2 fully saturated rings. The average molecular weight is 564 g/mol. The summed E-state index contributed by atoms with van der Waals surface area (Å²) in [5.74, 6) is 1.22. The van der Waals surface area contributed by atoms with Gasteiger partial charge in [-0.05, 0) is 37.5 Å². The summed E-state index contributed by atoms with van der Waals surface area (Å²) in [6.45, 7) is 8.21. The fourth-order valence-electron chi connectivity index (χ4n) is 3.79. The van der Waals surface area contributed by atoms with E-state index in [0.717, 1.165) is 69.1 Å². The van der Waals surface area contributed by atoms with E-state index in [0.29, 0.717) is 5.91 Å². The number of hydrogen-bond acceptors (Lipinski definition) is 3. The maximum absolute atomic E-state index is 12.6. The standard InChI is InChI=1S/C20H30BrN5O.HI/c1-16(19(27)25-9-3-4-10-25)24-11-13-26(14-12-24)20(22-2)23-15-17-5-7-18(21)8-6-17;/h5-8,16H,3-4,9-15H2,1-2H3,(H,22,23);1H. The minimum absolute atomic E-state index is 0. The number of hydrogen-bond donors (Lipinski definition) is 1. The van der Waals surface area contributed by atoms with Crippen molar-refractivity contribution < 1.29 is 4.79 Å². The molecule has 6 nitrogen and oxygen atoms in total. The second kappa shape index (κ2) is 11.3. The van der Waals surface area contributed by atoms with Gasteiger partial charge in [0.2, 0.25) is 5.91 Å². The van der Waals surface area contributed by atoms with E-state index in [1.165, 1.54) is 5.56 Å². The molecular weight excluding hydrogens is 533 g/mol. The van der Waals surface area contributed by atoms with Crippen LogP contribution in [0.4, 0.5) is 0 Å². The zero-order valence-electron chi connectivity index (χ0n) is 16.7. The Hall–Kier alpha value is -0.870. The van der Waals surface area contributed by atoms with Crippen molar-refractivity contribution in [2.75, 3.05) is 46.3 Å². The number of likely N-dealkylation sites (tertiary alicyclic amines) is 1. The van der Waals surface area contributed by atoms with Crippen molar-refractivity contribution >= 4 is 51.8 Å². The number of nitrogens with one attached hydrogen (secondary N) is 1. The molecule has 1 aromatic rings. The van der Waals surface area contributed by atoms with Crippen LogP contribution in [0.2, 0.25) is 0 Å². The van der Waals surface area contributed by atoms with Crippen LogP contribution in [0.25, 0.3) is 0 Å². The summed E-state index contributed by atoms with van der Waals surface area (Å²) in [7, 11) is 1.83. The van der Waals surface area contributed by atoms with Crippen molar-refractivity contribution in [3.05, 3.63) is 34.3 Å². The number of nitrogens with zero attached hydrogens (tertiary/aromatic N) is 4. The van der Waals surface area contributed by atoms with Crippen LogP contribution in [0.15, 0.2) is 33.7 Å². The van der Waals surface area contributed by atoms with E-state index in [1.54, 1.807) is 0 Å². The number of piperazine rings is 1. The normalized spacial score (nSPS) is 19.3. The minimum atomic E-state index is -0.0250. The molecule has 1 unspecified atom stereocenters. The Balaban J connectivity index is 0.00000280. The van der Waals surface area contributed by atoms with E-state index in [-0.39, 0.29) is 30.0 Å². The predicted octanol–water partition coefficient (Wildman–Crippen LogP) is 2.77. The predicted molar refractivity (Wildman–Crippen MR) is 128 cm³/mol. The first-order chi connectivity index (χ1) is 13.1. The molecule has 2 heterocycles. The molecule has 28 heavy (non-hydrogen) atoms. The molecule has 0 saturated carbocycles. The number of aliphatic imine (C=N–C) groups is 1. The van der Waals surface area contributed by atoms with Crippen LogP contribution in [0.3, 0.4) is 0 Å². The van der Waals surface area contributed by atoms with E-state index < -0.39 is 0 Å². The van der Waals surface area contributed by atoms with E-state index in [4.69, 9.17) is 0 Å².